The van der Waals surface area contributed by atoms with E-state index in [-0.39, 0.29) is 12.1 Å². The second-order valence-electron chi connectivity index (χ2n) is 9.06. The maximum atomic E-state index is 13.2. The number of piperidine rings is 1. The van der Waals surface area contributed by atoms with E-state index >= 15 is 0 Å². The van der Waals surface area contributed by atoms with Gasteiger partial charge in [0.1, 0.15) is 6.10 Å². The molecular formula is C27H34N2O2. The van der Waals surface area contributed by atoms with Crippen LogP contribution in [-0.2, 0) is 11.2 Å². The van der Waals surface area contributed by atoms with E-state index in [1.54, 1.807) is 0 Å². The molecule has 0 saturated carbocycles. The maximum Gasteiger partial charge on any atom is 0.341 e. The van der Waals surface area contributed by atoms with Gasteiger partial charge in [-0.25, -0.2) is 4.79 Å². The number of aryl methyl sites for hydroxylation is 3. The fourth-order valence-electron chi connectivity index (χ4n) is 4.74. The summed E-state index contributed by atoms with van der Waals surface area (Å²) in [6, 6.07) is 12.7. The van der Waals surface area contributed by atoms with Crippen molar-refractivity contribution in [1.82, 2.24) is 9.88 Å². The van der Waals surface area contributed by atoms with Gasteiger partial charge in [-0.05, 0) is 88.9 Å². The number of aromatic nitrogens is 1. The lowest BCUT2D eigenvalue weighted by Crippen LogP contribution is -2.31. The molecule has 1 aliphatic heterocycles. The van der Waals surface area contributed by atoms with Gasteiger partial charge in [-0.3, -0.25) is 0 Å². The standard InChI is InChI=1S/C27H34N2O2/c1-18-8-9-19(2)23(16-18)21(4)31-27(30)26-20(3)28-25-11-10-22(17-24(25)26)12-15-29-13-6-5-7-14-29/h8-11,16-17,21,28H,5-7,12-15H2,1-4H3. The van der Waals surface area contributed by atoms with Crippen molar-refractivity contribution in [3.05, 3.63) is 69.9 Å². The monoisotopic (exact) mass is 418 g/mol. The normalized spacial score (nSPS) is 15.9. The minimum atomic E-state index is -0.293. The van der Waals surface area contributed by atoms with Gasteiger partial charge in [0.15, 0.2) is 0 Å². The number of hydrogen-bond acceptors (Lipinski definition) is 3. The summed E-state index contributed by atoms with van der Waals surface area (Å²) in [5.41, 5.74) is 7.16. The average Bonchev–Trinajstić information content (AvgIpc) is 3.09. The minimum absolute atomic E-state index is 0.259. The number of carbonyl (C=O) groups is 1. The van der Waals surface area contributed by atoms with Gasteiger partial charge in [0.2, 0.25) is 0 Å². The summed E-state index contributed by atoms with van der Waals surface area (Å²) in [6.07, 6.45) is 4.69. The van der Waals surface area contributed by atoms with Crippen molar-refractivity contribution in [3.8, 4) is 0 Å². The van der Waals surface area contributed by atoms with Crippen molar-refractivity contribution in [2.45, 2.75) is 59.5 Å². The Balaban J connectivity index is 1.53. The van der Waals surface area contributed by atoms with Crippen molar-refractivity contribution in [3.63, 3.8) is 0 Å². The van der Waals surface area contributed by atoms with Crippen LogP contribution < -0.4 is 0 Å². The molecule has 0 bridgehead atoms. The van der Waals surface area contributed by atoms with Gasteiger partial charge in [0.25, 0.3) is 0 Å². The summed E-state index contributed by atoms with van der Waals surface area (Å²) in [5, 5.41) is 0.965. The molecule has 4 nitrogen and oxygen atoms in total. The number of hydrogen-bond donors (Lipinski definition) is 1. The molecule has 3 aromatic rings. The molecular weight excluding hydrogens is 384 g/mol. The second kappa shape index (κ2) is 9.27. The molecule has 0 spiro atoms. The van der Waals surface area contributed by atoms with Crippen LogP contribution in [0.3, 0.4) is 0 Å². The lowest BCUT2D eigenvalue weighted by Gasteiger charge is -2.26. The van der Waals surface area contributed by atoms with Crippen molar-refractivity contribution in [2.75, 3.05) is 19.6 Å². The van der Waals surface area contributed by atoms with Crippen LogP contribution in [0.5, 0.6) is 0 Å². The summed E-state index contributed by atoms with van der Waals surface area (Å²) in [5.74, 6) is -0.259. The largest absolute Gasteiger partial charge is 0.454 e. The molecule has 1 aliphatic rings. The number of nitrogens with one attached hydrogen (secondary N) is 1. The number of aromatic amines is 1. The smallest absolute Gasteiger partial charge is 0.341 e. The molecule has 1 atom stereocenters. The van der Waals surface area contributed by atoms with Crippen LogP contribution in [0.1, 0.15) is 70.6 Å². The third kappa shape index (κ3) is 4.85. The zero-order valence-electron chi connectivity index (χ0n) is 19.3. The van der Waals surface area contributed by atoms with Crippen LogP contribution in [0.15, 0.2) is 36.4 Å². The van der Waals surface area contributed by atoms with Gasteiger partial charge in [0, 0.05) is 23.1 Å². The Morgan fingerprint density at radius 2 is 1.84 bits per heavy atom. The van der Waals surface area contributed by atoms with E-state index in [4.69, 9.17) is 4.74 Å². The van der Waals surface area contributed by atoms with Crippen LogP contribution in [-0.4, -0.2) is 35.5 Å². The number of ether oxygens (including phenoxy) is 1. The van der Waals surface area contributed by atoms with Gasteiger partial charge in [-0.15, -0.1) is 0 Å². The Kier molecular flexibility index (Phi) is 6.47. The average molecular weight is 419 g/mol. The zero-order valence-corrected chi connectivity index (χ0v) is 19.3. The molecule has 2 heterocycles. The first-order chi connectivity index (χ1) is 14.9. The molecule has 164 valence electrons. The van der Waals surface area contributed by atoms with Crippen molar-refractivity contribution in [1.29, 1.82) is 0 Å². The maximum absolute atomic E-state index is 13.2. The molecule has 2 aromatic carbocycles. The first kappa shape index (κ1) is 21.6. The van der Waals surface area contributed by atoms with E-state index in [9.17, 15) is 4.79 Å². The quantitative estimate of drug-likeness (QED) is 0.496. The molecule has 1 N–H and O–H groups in total. The molecule has 1 aromatic heterocycles. The van der Waals surface area contributed by atoms with Gasteiger partial charge in [-0.1, -0.05) is 36.2 Å². The number of rotatable bonds is 6. The van der Waals surface area contributed by atoms with Gasteiger partial charge >= 0.3 is 5.97 Å². The molecule has 1 unspecified atom stereocenters. The van der Waals surface area contributed by atoms with Crippen LogP contribution in [0.25, 0.3) is 10.9 Å². The van der Waals surface area contributed by atoms with E-state index < -0.39 is 0 Å². The Morgan fingerprint density at radius 1 is 1.06 bits per heavy atom. The Morgan fingerprint density at radius 3 is 2.61 bits per heavy atom. The van der Waals surface area contributed by atoms with Crippen molar-refractivity contribution >= 4 is 16.9 Å². The number of benzene rings is 2. The summed E-state index contributed by atoms with van der Waals surface area (Å²) >= 11 is 0. The van der Waals surface area contributed by atoms with Crippen molar-refractivity contribution in [2.24, 2.45) is 0 Å². The first-order valence-corrected chi connectivity index (χ1v) is 11.5. The molecule has 0 radical (unpaired) electrons. The second-order valence-corrected chi connectivity index (χ2v) is 9.06. The first-order valence-electron chi connectivity index (χ1n) is 11.5. The fourth-order valence-corrected chi connectivity index (χ4v) is 4.74. The number of likely N-dealkylation sites (tertiary alicyclic amines) is 1. The van der Waals surface area contributed by atoms with E-state index in [0.717, 1.165) is 40.7 Å². The van der Waals surface area contributed by atoms with E-state index in [0.29, 0.717) is 5.56 Å². The highest BCUT2D eigenvalue weighted by atomic mass is 16.5. The fraction of sp³-hybridized carbons (Fsp3) is 0.444. The molecule has 4 heteroatoms. The van der Waals surface area contributed by atoms with E-state index in [1.165, 1.54) is 43.5 Å². The molecule has 4 rings (SSSR count). The lowest BCUT2D eigenvalue weighted by atomic mass is 10.0. The molecule has 1 saturated heterocycles. The topological polar surface area (TPSA) is 45.3 Å². The molecule has 0 amide bonds. The number of H-pyrrole nitrogens is 1. The van der Waals surface area contributed by atoms with Gasteiger partial charge in [0.05, 0.1) is 5.56 Å². The Labute approximate surface area is 185 Å². The summed E-state index contributed by atoms with van der Waals surface area (Å²) in [7, 11) is 0. The number of esters is 1. The third-order valence-electron chi connectivity index (χ3n) is 6.58. The van der Waals surface area contributed by atoms with Gasteiger partial charge in [-0.2, -0.15) is 0 Å². The Bertz CT molecular complexity index is 1080. The summed E-state index contributed by atoms with van der Waals surface area (Å²) < 4.78 is 5.93. The highest BCUT2D eigenvalue weighted by molar-refractivity contribution is 6.05. The summed E-state index contributed by atoms with van der Waals surface area (Å²) in [6.45, 7) is 11.5. The lowest BCUT2D eigenvalue weighted by molar-refractivity contribution is 0.0338. The zero-order chi connectivity index (χ0) is 22.0. The highest BCUT2D eigenvalue weighted by Gasteiger charge is 2.21. The van der Waals surface area contributed by atoms with Crippen molar-refractivity contribution < 1.29 is 9.53 Å². The Hall–Kier alpha value is -2.59. The van der Waals surface area contributed by atoms with E-state index in [1.807, 2.05) is 13.8 Å². The minimum Gasteiger partial charge on any atom is -0.454 e. The number of fused-ring (bicyclic) bond motifs is 1. The third-order valence-corrected chi connectivity index (χ3v) is 6.58. The van der Waals surface area contributed by atoms with Crippen LogP contribution in [0.2, 0.25) is 0 Å². The van der Waals surface area contributed by atoms with E-state index in [2.05, 4.69) is 60.1 Å². The highest BCUT2D eigenvalue weighted by Crippen LogP contribution is 2.28. The molecule has 0 aliphatic carbocycles. The molecule has 31 heavy (non-hydrogen) atoms. The predicted octanol–water partition coefficient (Wildman–Crippen LogP) is 6.04. The van der Waals surface area contributed by atoms with Crippen LogP contribution in [0, 0.1) is 20.8 Å². The van der Waals surface area contributed by atoms with Crippen LogP contribution in [0.4, 0.5) is 0 Å². The van der Waals surface area contributed by atoms with Gasteiger partial charge < -0.3 is 14.6 Å². The number of nitrogens with zero attached hydrogens (tertiary/aromatic N) is 1. The summed E-state index contributed by atoms with van der Waals surface area (Å²) in [4.78, 5) is 19.1. The molecule has 1 fully saturated rings. The number of carbonyl (C=O) groups excluding carboxylic acids is 1. The van der Waals surface area contributed by atoms with Crippen LogP contribution >= 0.6 is 0 Å². The predicted molar refractivity (Wildman–Crippen MR) is 127 cm³/mol. The SMILES string of the molecule is Cc1ccc(C)c(C(C)OC(=O)c2c(C)[nH]c3ccc(CCN4CCCCC4)cc23)c1.